The zero-order valence-electron chi connectivity index (χ0n) is 12.7. The number of carbonyl (C=O) groups excluding carboxylic acids is 1. The second kappa shape index (κ2) is 7.84. The number of ether oxygens (including phenoxy) is 1. The minimum atomic E-state index is -0.259. The van der Waals surface area contributed by atoms with E-state index in [1.54, 1.807) is 0 Å². The van der Waals surface area contributed by atoms with Gasteiger partial charge in [0.1, 0.15) is 5.75 Å². The van der Waals surface area contributed by atoms with Gasteiger partial charge in [-0.2, -0.15) is 0 Å². The molecule has 0 spiro atoms. The molecule has 5 heteroatoms. The summed E-state index contributed by atoms with van der Waals surface area (Å²) in [5.41, 5.74) is 3.26. The Balaban J connectivity index is 1.74. The van der Waals surface area contributed by atoms with E-state index in [-0.39, 0.29) is 12.8 Å². The van der Waals surface area contributed by atoms with E-state index in [4.69, 9.17) is 4.74 Å². The normalized spacial score (nSPS) is 10.1. The Labute approximate surface area is 139 Å². The standard InChI is InChI=1S/C17H19BrN2O2/c1-12-6-7-16(13(2)8-12)22-11-20-17(21)19-10-14-4-3-5-15(18)9-14/h3-9H,10-11H2,1-2H3,(H2,19,20,21). The maximum atomic E-state index is 11.7. The van der Waals surface area contributed by atoms with Gasteiger partial charge in [-0.1, -0.05) is 45.8 Å². The first-order chi connectivity index (χ1) is 10.5. The van der Waals surface area contributed by atoms with Gasteiger partial charge in [0.25, 0.3) is 0 Å². The third-order valence-corrected chi connectivity index (χ3v) is 3.63. The van der Waals surface area contributed by atoms with Gasteiger partial charge in [-0.15, -0.1) is 0 Å². The molecular weight excluding hydrogens is 344 g/mol. The highest BCUT2D eigenvalue weighted by molar-refractivity contribution is 9.10. The van der Waals surface area contributed by atoms with Crippen molar-refractivity contribution in [2.24, 2.45) is 0 Å². The van der Waals surface area contributed by atoms with Crippen LogP contribution in [0.4, 0.5) is 4.79 Å². The van der Waals surface area contributed by atoms with Crippen LogP contribution in [-0.4, -0.2) is 12.8 Å². The molecule has 2 N–H and O–H groups in total. The van der Waals surface area contributed by atoms with E-state index < -0.39 is 0 Å². The quantitative estimate of drug-likeness (QED) is 0.792. The summed E-state index contributed by atoms with van der Waals surface area (Å²) in [6.07, 6.45) is 0. The fourth-order valence-electron chi connectivity index (χ4n) is 2.03. The Morgan fingerprint density at radius 2 is 1.95 bits per heavy atom. The molecule has 0 atom stereocenters. The summed E-state index contributed by atoms with van der Waals surface area (Å²) in [4.78, 5) is 11.7. The second-order valence-electron chi connectivity index (χ2n) is 5.05. The van der Waals surface area contributed by atoms with Crippen LogP contribution in [-0.2, 0) is 6.54 Å². The number of urea groups is 1. The second-order valence-corrected chi connectivity index (χ2v) is 5.96. The van der Waals surface area contributed by atoms with Gasteiger partial charge in [-0.25, -0.2) is 4.79 Å². The summed E-state index contributed by atoms with van der Waals surface area (Å²) in [5, 5.41) is 5.46. The van der Waals surface area contributed by atoms with Gasteiger partial charge in [0.15, 0.2) is 6.73 Å². The first-order valence-corrected chi connectivity index (χ1v) is 7.80. The monoisotopic (exact) mass is 362 g/mol. The van der Waals surface area contributed by atoms with E-state index in [0.29, 0.717) is 6.54 Å². The molecule has 0 heterocycles. The van der Waals surface area contributed by atoms with Crippen molar-refractivity contribution in [3.63, 3.8) is 0 Å². The number of carbonyl (C=O) groups is 1. The molecular formula is C17H19BrN2O2. The van der Waals surface area contributed by atoms with Crippen LogP contribution in [0.5, 0.6) is 5.75 Å². The van der Waals surface area contributed by atoms with Crippen LogP contribution in [0.1, 0.15) is 16.7 Å². The van der Waals surface area contributed by atoms with E-state index in [0.717, 1.165) is 21.3 Å². The fourth-order valence-corrected chi connectivity index (χ4v) is 2.48. The highest BCUT2D eigenvalue weighted by Gasteiger charge is 2.02. The molecule has 0 aliphatic heterocycles. The molecule has 2 amide bonds. The minimum Gasteiger partial charge on any atom is -0.473 e. The molecule has 0 aromatic heterocycles. The number of nitrogens with one attached hydrogen (secondary N) is 2. The Bertz CT molecular complexity index is 659. The Morgan fingerprint density at radius 3 is 2.68 bits per heavy atom. The molecule has 0 aliphatic carbocycles. The van der Waals surface area contributed by atoms with Crippen molar-refractivity contribution in [2.75, 3.05) is 6.73 Å². The van der Waals surface area contributed by atoms with Crippen molar-refractivity contribution >= 4 is 22.0 Å². The van der Waals surface area contributed by atoms with Gasteiger partial charge < -0.3 is 15.4 Å². The average molecular weight is 363 g/mol. The summed E-state index contributed by atoms with van der Waals surface area (Å²) in [6.45, 7) is 4.61. The van der Waals surface area contributed by atoms with E-state index in [9.17, 15) is 4.79 Å². The van der Waals surface area contributed by atoms with Crippen molar-refractivity contribution in [3.05, 3.63) is 63.6 Å². The van der Waals surface area contributed by atoms with Gasteiger partial charge in [-0.3, -0.25) is 0 Å². The van der Waals surface area contributed by atoms with E-state index in [1.165, 1.54) is 5.56 Å². The lowest BCUT2D eigenvalue weighted by molar-refractivity contribution is 0.223. The van der Waals surface area contributed by atoms with Gasteiger partial charge in [0.2, 0.25) is 0 Å². The minimum absolute atomic E-state index is 0.133. The maximum Gasteiger partial charge on any atom is 0.317 e. The molecule has 0 saturated carbocycles. The topological polar surface area (TPSA) is 50.4 Å². The van der Waals surface area contributed by atoms with Crippen LogP contribution < -0.4 is 15.4 Å². The van der Waals surface area contributed by atoms with Crippen LogP contribution in [0.25, 0.3) is 0 Å². The largest absolute Gasteiger partial charge is 0.473 e. The number of halogens is 1. The Kier molecular flexibility index (Phi) is 5.83. The van der Waals surface area contributed by atoms with Crippen molar-refractivity contribution in [1.29, 1.82) is 0 Å². The van der Waals surface area contributed by atoms with Crippen molar-refractivity contribution in [2.45, 2.75) is 20.4 Å². The summed E-state index contributed by atoms with van der Waals surface area (Å²) in [6, 6.07) is 13.5. The van der Waals surface area contributed by atoms with Gasteiger partial charge in [0, 0.05) is 11.0 Å². The van der Waals surface area contributed by atoms with Crippen LogP contribution in [0.2, 0.25) is 0 Å². The van der Waals surface area contributed by atoms with Crippen LogP contribution in [0.15, 0.2) is 46.9 Å². The number of aryl methyl sites for hydroxylation is 2. The number of rotatable bonds is 5. The number of benzene rings is 2. The molecule has 0 bridgehead atoms. The van der Waals surface area contributed by atoms with Crippen molar-refractivity contribution in [3.8, 4) is 5.75 Å². The lowest BCUT2D eigenvalue weighted by Gasteiger charge is -2.11. The molecule has 22 heavy (non-hydrogen) atoms. The molecule has 2 aromatic rings. The molecule has 0 unspecified atom stereocenters. The lowest BCUT2D eigenvalue weighted by atomic mass is 10.1. The summed E-state index contributed by atoms with van der Waals surface area (Å²) in [5.74, 6) is 0.776. The first kappa shape index (κ1) is 16.4. The third kappa shape index (κ3) is 5.07. The molecule has 2 aromatic carbocycles. The number of hydrogen-bond acceptors (Lipinski definition) is 2. The highest BCUT2D eigenvalue weighted by Crippen LogP contribution is 2.18. The summed E-state index contributed by atoms with van der Waals surface area (Å²) >= 11 is 3.40. The third-order valence-electron chi connectivity index (χ3n) is 3.13. The predicted molar refractivity (Wildman–Crippen MR) is 90.9 cm³/mol. The smallest absolute Gasteiger partial charge is 0.317 e. The van der Waals surface area contributed by atoms with Crippen molar-refractivity contribution < 1.29 is 9.53 Å². The zero-order chi connectivity index (χ0) is 15.9. The van der Waals surface area contributed by atoms with Crippen molar-refractivity contribution in [1.82, 2.24) is 10.6 Å². The Hall–Kier alpha value is -2.01. The Morgan fingerprint density at radius 1 is 1.14 bits per heavy atom. The maximum absolute atomic E-state index is 11.7. The number of hydrogen-bond donors (Lipinski definition) is 2. The van der Waals surface area contributed by atoms with E-state index in [2.05, 4.69) is 26.6 Å². The molecule has 116 valence electrons. The molecule has 0 aliphatic rings. The SMILES string of the molecule is Cc1ccc(OCNC(=O)NCc2cccc(Br)c2)c(C)c1. The van der Waals surface area contributed by atoms with Crippen LogP contribution in [0.3, 0.4) is 0 Å². The molecule has 0 fully saturated rings. The van der Waals surface area contributed by atoms with E-state index in [1.807, 2.05) is 56.3 Å². The van der Waals surface area contributed by atoms with Crippen LogP contribution in [0, 0.1) is 13.8 Å². The molecule has 4 nitrogen and oxygen atoms in total. The van der Waals surface area contributed by atoms with Gasteiger partial charge in [0.05, 0.1) is 0 Å². The first-order valence-electron chi connectivity index (χ1n) is 7.01. The van der Waals surface area contributed by atoms with Crippen LogP contribution >= 0.6 is 15.9 Å². The fraction of sp³-hybridized carbons (Fsp3) is 0.235. The summed E-state index contributed by atoms with van der Waals surface area (Å²) in [7, 11) is 0. The van der Waals surface area contributed by atoms with Gasteiger partial charge in [-0.05, 0) is 43.2 Å². The highest BCUT2D eigenvalue weighted by atomic mass is 79.9. The lowest BCUT2D eigenvalue weighted by Crippen LogP contribution is -2.37. The van der Waals surface area contributed by atoms with E-state index >= 15 is 0 Å². The van der Waals surface area contributed by atoms with Gasteiger partial charge >= 0.3 is 6.03 Å². The summed E-state index contributed by atoms with van der Waals surface area (Å²) < 4.78 is 6.55. The molecule has 2 rings (SSSR count). The average Bonchev–Trinajstić information content (AvgIpc) is 2.47. The molecule has 0 saturated heterocycles. The molecule has 0 radical (unpaired) electrons. The predicted octanol–water partition coefficient (Wildman–Crippen LogP) is 3.90. The number of amides is 2. The zero-order valence-corrected chi connectivity index (χ0v) is 14.2.